The molecular weight excluding hydrogens is 233 g/mol. The summed E-state index contributed by atoms with van der Waals surface area (Å²) in [5.74, 6) is -0.147. The molecule has 1 aliphatic carbocycles. The fraction of sp³-hybridized carbons (Fsp3) is 0.571. The molecule has 0 radical (unpaired) electrons. The van der Waals surface area contributed by atoms with Crippen molar-refractivity contribution in [2.24, 2.45) is 0 Å². The largest absolute Gasteiger partial charge is 0.311 e. The highest BCUT2D eigenvalue weighted by molar-refractivity contribution is 8.00. The predicted molar refractivity (Wildman–Crippen MR) is 72.9 cm³/mol. The van der Waals surface area contributed by atoms with Gasteiger partial charge in [-0.15, -0.1) is 0 Å². The topological polar surface area (TPSA) is 12.0 Å². The van der Waals surface area contributed by atoms with Gasteiger partial charge in [-0.05, 0) is 49.3 Å². The van der Waals surface area contributed by atoms with Crippen molar-refractivity contribution in [1.82, 2.24) is 5.32 Å². The molecule has 1 fully saturated rings. The number of hydrogen-bond acceptors (Lipinski definition) is 2. The second-order valence-corrected chi connectivity index (χ2v) is 6.19. The Labute approximate surface area is 107 Å². The summed E-state index contributed by atoms with van der Waals surface area (Å²) in [6, 6.07) is 5.02. The van der Waals surface area contributed by atoms with Gasteiger partial charge in [0.1, 0.15) is 5.82 Å². The highest BCUT2D eigenvalue weighted by atomic mass is 32.2. The van der Waals surface area contributed by atoms with Crippen molar-refractivity contribution in [2.45, 2.75) is 37.5 Å². The smallest absolute Gasteiger partial charge is 0.123 e. The third-order valence-corrected chi connectivity index (χ3v) is 5.18. The molecule has 0 atom stereocenters. The average molecular weight is 253 g/mol. The molecule has 1 nitrogen and oxygen atoms in total. The maximum absolute atomic E-state index is 13.0. The van der Waals surface area contributed by atoms with Crippen LogP contribution < -0.4 is 5.32 Å². The van der Waals surface area contributed by atoms with Crippen LogP contribution in [0.15, 0.2) is 18.2 Å². The standard InChI is InChI=1S/C14H20FNS/c1-11-8-13(15)5-4-12(11)9-16-10-14(17-2)6-3-7-14/h4-5,8,16H,3,6-7,9-10H2,1-2H3. The SMILES string of the molecule is CSC1(CNCc2ccc(F)cc2C)CCC1. The fourth-order valence-electron chi connectivity index (χ4n) is 2.31. The quantitative estimate of drug-likeness (QED) is 0.862. The van der Waals surface area contributed by atoms with E-state index in [1.54, 1.807) is 6.07 Å². The van der Waals surface area contributed by atoms with Gasteiger partial charge in [0, 0.05) is 17.8 Å². The van der Waals surface area contributed by atoms with Crippen LogP contribution in [-0.4, -0.2) is 17.5 Å². The van der Waals surface area contributed by atoms with Crippen LogP contribution >= 0.6 is 11.8 Å². The van der Waals surface area contributed by atoms with Gasteiger partial charge < -0.3 is 5.32 Å². The van der Waals surface area contributed by atoms with Crippen LogP contribution in [0.5, 0.6) is 0 Å². The second kappa shape index (κ2) is 5.40. The second-order valence-electron chi connectivity index (χ2n) is 4.92. The summed E-state index contributed by atoms with van der Waals surface area (Å²) >= 11 is 1.98. The third-order valence-electron chi connectivity index (χ3n) is 3.77. The molecule has 0 aliphatic heterocycles. The molecule has 0 bridgehead atoms. The molecule has 0 aromatic heterocycles. The van der Waals surface area contributed by atoms with E-state index in [0.29, 0.717) is 4.75 Å². The van der Waals surface area contributed by atoms with Gasteiger partial charge >= 0.3 is 0 Å². The lowest BCUT2D eigenvalue weighted by atomic mass is 9.84. The van der Waals surface area contributed by atoms with E-state index in [4.69, 9.17) is 0 Å². The van der Waals surface area contributed by atoms with Crippen molar-refractivity contribution in [2.75, 3.05) is 12.8 Å². The summed E-state index contributed by atoms with van der Waals surface area (Å²) < 4.78 is 13.4. The zero-order valence-electron chi connectivity index (χ0n) is 10.6. The maximum Gasteiger partial charge on any atom is 0.123 e. The van der Waals surface area contributed by atoms with Crippen molar-refractivity contribution >= 4 is 11.8 Å². The molecule has 0 saturated heterocycles. The molecule has 0 unspecified atom stereocenters. The predicted octanol–water partition coefficient (Wildman–Crippen LogP) is 3.51. The van der Waals surface area contributed by atoms with Gasteiger partial charge in [-0.25, -0.2) is 4.39 Å². The van der Waals surface area contributed by atoms with Crippen molar-refractivity contribution in [3.63, 3.8) is 0 Å². The van der Waals surface area contributed by atoms with Crippen LogP contribution in [0, 0.1) is 12.7 Å². The Hall–Kier alpha value is -0.540. The lowest BCUT2D eigenvalue weighted by Crippen LogP contribution is -2.43. The summed E-state index contributed by atoms with van der Waals surface area (Å²) in [5, 5.41) is 3.51. The van der Waals surface area contributed by atoms with E-state index in [1.165, 1.54) is 30.9 Å². The van der Waals surface area contributed by atoms with Crippen LogP contribution in [0.3, 0.4) is 0 Å². The molecule has 0 heterocycles. The highest BCUT2D eigenvalue weighted by Gasteiger charge is 2.35. The molecule has 0 spiro atoms. The zero-order chi connectivity index (χ0) is 12.3. The Kier molecular flexibility index (Phi) is 4.10. The highest BCUT2D eigenvalue weighted by Crippen LogP contribution is 2.42. The van der Waals surface area contributed by atoms with Crippen LogP contribution in [0.25, 0.3) is 0 Å². The van der Waals surface area contributed by atoms with E-state index in [2.05, 4.69) is 11.6 Å². The van der Waals surface area contributed by atoms with Gasteiger partial charge in [-0.2, -0.15) is 11.8 Å². The van der Waals surface area contributed by atoms with Gasteiger partial charge in [-0.1, -0.05) is 12.5 Å². The van der Waals surface area contributed by atoms with Gasteiger partial charge in [0.2, 0.25) is 0 Å². The minimum Gasteiger partial charge on any atom is -0.311 e. The molecule has 2 rings (SSSR count). The van der Waals surface area contributed by atoms with Crippen LogP contribution in [0.4, 0.5) is 4.39 Å². The first-order chi connectivity index (χ1) is 8.15. The molecule has 1 N–H and O–H groups in total. The first-order valence-corrected chi connectivity index (χ1v) is 7.39. The monoisotopic (exact) mass is 253 g/mol. The lowest BCUT2D eigenvalue weighted by Gasteiger charge is -2.40. The summed E-state index contributed by atoms with van der Waals surface area (Å²) in [7, 11) is 0. The minimum absolute atomic E-state index is 0.147. The van der Waals surface area contributed by atoms with E-state index in [-0.39, 0.29) is 5.82 Å². The Bertz CT molecular complexity index is 382. The molecule has 0 amide bonds. The molecule has 1 aromatic rings. The Morgan fingerprint density at radius 1 is 1.41 bits per heavy atom. The number of nitrogens with one attached hydrogen (secondary N) is 1. The van der Waals surface area contributed by atoms with E-state index in [1.807, 2.05) is 24.8 Å². The summed E-state index contributed by atoms with van der Waals surface area (Å²) in [6.07, 6.45) is 6.20. The average Bonchev–Trinajstić information content (AvgIpc) is 2.25. The van der Waals surface area contributed by atoms with Crippen molar-refractivity contribution in [1.29, 1.82) is 0 Å². The molecule has 17 heavy (non-hydrogen) atoms. The number of benzene rings is 1. The van der Waals surface area contributed by atoms with Crippen molar-refractivity contribution in [3.8, 4) is 0 Å². The maximum atomic E-state index is 13.0. The van der Waals surface area contributed by atoms with Gasteiger partial charge in [-0.3, -0.25) is 0 Å². The molecule has 94 valence electrons. The number of rotatable bonds is 5. The molecule has 1 aromatic carbocycles. The Balaban J connectivity index is 1.85. The Morgan fingerprint density at radius 3 is 2.71 bits per heavy atom. The minimum atomic E-state index is -0.147. The first-order valence-electron chi connectivity index (χ1n) is 6.16. The van der Waals surface area contributed by atoms with E-state index in [9.17, 15) is 4.39 Å². The zero-order valence-corrected chi connectivity index (χ0v) is 11.4. The lowest BCUT2D eigenvalue weighted by molar-refractivity contribution is 0.345. The van der Waals surface area contributed by atoms with Crippen molar-refractivity contribution < 1.29 is 4.39 Å². The van der Waals surface area contributed by atoms with Gasteiger partial charge in [0.15, 0.2) is 0 Å². The summed E-state index contributed by atoms with van der Waals surface area (Å²) in [6.45, 7) is 3.87. The van der Waals surface area contributed by atoms with E-state index in [0.717, 1.165) is 18.7 Å². The van der Waals surface area contributed by atoms with E-state index >= 15 is 0 Å². The number of aryl methyl sites for hydroxylation is 1. The van der Waals surface area contributed by atoms with Crippen LogP contribution in [0.2, 0.25) is 0 Å². The summed E-state index contributed by atoms with van der Waals surface area (Å²) in [4.78, 5) is 0. The third kappa shape index (κ3) is 3.02. The fourth-order valence-corrected chi connectivity index (χ4v) is 3.25. The molecule has 3 heteroatoms. The van der Waals surface area contributed by atoms with E-state index < -0.39 is 0 Å². The molecular formula is C14H20FNS. The number of halogens is 1. The number of thioether (sulfide) groups is 1. The summed E-state index contributed by atoms with van der Waals surface area (Å²) in [5.41, 5.74) is 2.23. The van der Waals surface area contributed by atoms with Crippen LogP contribution in [-0.2, 0) is 6.54 Å². The van der Waals surface area contributed by atoms with Gasteiger partial charge in [0.25, 0.3) is 0 Å². The number of hydrogen-bond donors (Lipinski definition) is 1. The molecule has 1 aliphatic rings. The Morgan fingerprint density at radius 2 is 2.18 bits per heavy atom. The van der Waals surface area contributed by atoms with Gasteiger partial charge in [0.05, 0.1) is 0 Å². The normalized spacial score (nSPS) is 17.8. The van der Waals surface area contributed by atoms with Crippen LogP contribution in [0.1, 0.15) is 30.4 Å². The van der Waals surface area contributed by atoms with Crippen molar-refractivity contribution in [3.05, 3.63) is 35.1 Å². The molecule has 1 saturated carbocycles. The first kappa shape index (κ1) is 12.9.